The third kappa shape index (κ3) is 7.35. The van der Waals surface area contributed by atoms with Gasteiger partial charge in [0.2, 0.25) is 17.7 Å². The van der Waals surface area contributed by atoms with E-state index in [1.165, 1.54) is 4.90 Å². The van der Waals surface area contributed by atoms with E-state index < -0.39 is 0 Å². The second-order valence-corrected chi connectivity index (χ2v) is 8.06. The number of aromatic nitrogens is 1. The number of carbonyl (C=O) groups excluding carboxylic acids is 3. The van der Waals surface area contributed by atoms with Gasteiger partial charge in [-0.25, -0.2) is 0 Å². The first-order valence-electron chi connectivity index (χ1n) is 10.5. The molecule has 32 heavy (non-hydrogen) atoms. The van der Waals surface area contributed by atoms with Crippen LogP contribution in [0.5, 0.6) is 0 Å². The SMILES string of the molecule is Cc1cc(NC(=O)CCC(=O)N(CC(=O)NC[C@H]2CCCO2)Cc2ccccc2Cl)no1. The van der Waals surface area contributed by atoms with Gasteiger partial charge in [-0.2, -0.15) is 0 Å². The standard InChI is InChI=1S/C22H27ClN4O5/c1-15-11-19(26-32-15)25-20(28)8-9-22(30)27(13-16-5-2-3-7-18(16)23)14-21(29)24-12-17-6-4-10-31-17/h2-3,5,7,11,17H,4,6,8-10,12-14H2,1H3,(H,24,29)(H,25,26,28)/t17-/m1/s1. The summed E-state index contributed by atoms with van der Waals surface area (Å²) >= 11 is 6.24. The zero-order chi connectivity index (χ0) is 22.9. The smallest absolute Gasteiger partial charge is 0.239 e. The predicted octanol–water partition coefficient (Wildman–Crippen LogP) is 2.68. The number of hydrogen-bond acceptors (Lipinski definition) is 6. The number of amides is 3. The van der Waals surface area contributed by atoms with Crippen LogP contribution in [0.3, 0.4) is 0 Å². The van der Waals surface area contributed by atoms with Crippen LogP contribution in [0.4, 0.5) is 5.82 Å². The van der Waals surface area contributed by atoms with Gasteiger partial charge in [-0.05, 0) is 31.4 Å². The molecule has 0 bridgehead atoms. The maximum Gasteiger partial charge on any atom is 0.239 e. The van der Waals surface area contributed by atoms with E-state index in [1.54, 1.807) is 31.2 Å². The lowest BCUT2D eigenvalue weighted by Crippen LogP contribution is -2.42. The third-order valence-corrected chi connectivity index (χ3v) is 5.39. The first-order valence-corrected chi connectivity index (χ1v) is 10.9. The van der Waals surface area contributed by atoms with E-state index in [-0.39, 0.29) is 49.8 Å². The summed E-state index contributed by atoms with van der Waals surface area (Å²) in [5.41, 5.74) is 0.719. The number of nitrogens with one attached hydrogen (secondary N) is 2. The summed E-state index contributed by atoms with van der Waals surface area (Å²) in [6, 6.07) is 8.72. The van der Waals surface area contributed by atoms with Crippen molar-refractivity contribution >= 4 is 35.1 Å². The quantitative estimate of drug-likeness (QED) is 0.561. The third-order valence-electron chi connectivity index (χ3n) is 5.02. The minimum atomic E-state index is -0.368. The first-order chi connectivity index (χ1) is 15.4. The van der Waals surface area contributed by atoms with Crippen LogP contribution in [-0.4, -0.2) is 53.6 Å². The molecule has 3 rings (SSSR count). The predicted molar refractivity (Wildman–Crippen MR) is 118 cm³/mol. The number of aryl methyl sites for hydroxylation is 1. The molecule has 1 aliphatic rings. The van der Waals surface area contributed by atoms with Crippen LogP contribution in [0.15, 0.2) is 34.9 Å². The Morgan fingerprint density at radius 1 is 1.22 bits per heavy atom. The lowest BCUT2D eigenvalue weighted by molar-refractivity contribution is -0.137. The molecule has 0 spiro atoms. The van der Waals surface area contributed by atoms with Crippen LogP contribution < -0.4 is 10.6 Å². The van der Waals surface area contributed by atoms with Crippen molar-refractivity contribution < 1.29 is 23.6 Å². The summed E-state index contributed by atoms with van der Waals surface area (Å²) in [5.74, 6) is -0.128. The highest BCUT2D eigenvalue weighted by Crippen LogP contribution is 2.18. The van der Waals surface area contributed by atoms with E-state index in [9.17, 15) is 14.4 Å². The summed E-state index contributed by atoms with van der Waals surface area (Å²) in [4.78, 5) is 38.9. The molecule has 10 heteroatoms. The van der Waals surface area contributed by atoms with Gasteiger partial charge in [-0.15, -0.1) is 0 Å². The molecule has 1 aliphatic heterocycles. The van der Waals surface area contributed by atoms with Crippen molar-refractivity contribution in [3.63, 3.8) is 0 Å². The average molecular weight is 463 g/mol. The molecule has 3 amide bonds. The summed E-state index contributed by atoms with van der Waals surface area (Å²) in [7, 11) is 0. The average Bonchev–Trinajstić information content (AvgIpc) is 3.43. The Morgan fingerprint density at radius 2 is 2.03 bits per heavy atom. The molecule has 2 aromatic rings. The molecule has 0 radical (unpaired) electrons. The first kappa shape index (κ1) is 23.7. The van der Waals surface area contributed by atoms with Crippen LogP contribution in [0, 0.1) is 6.92 Å². The zero-order valence-corrected chi connectivity index (χ0v) is 18.7. The van der Waals surface area contributed by atoms with Gasteiger partial charge in [0.1, 0.15) is 5.76 Å². The molecule has 1 aromatic heterocycles. The van der Waals surface area contributed by atoms with Gasteiger partial charge in [0.25, 0.3) is 0 Å². The summed E-state index contributed by atoms with van der Waals surface area (Å²) < 4.78 is 10.4. The van der Waals surface area contributed by atoms with Gasteiger partial charge in [0.05, 0.1) is 12.6 Å². The normalized spacial score (nSPS) is 15.4. The Bertz CT molecular complexity index is 942. The molecule has 2 N–H and O–H groups in total. The number of halogens is 1. The lowest BCUT2D eigenvalue weighted by Gasteiger charge is -2.23. The molecule has 0 unspecified atom stereocenters. The number of anilines is 1. The fourth-order valence-corrected chi connectivity index (χ4v) is 3.53. The van der Waals surface area contributed by atoms with Gasteiger partial charge >= 0.3 is 0 Å². The van der Waals surface area contributed by atoms with Gasteiger partial charge in [0.15, 0.2) is 5.82 Å². The van der Waals surface area contributed by atoms with Gasteiger partial charge in [0, 0.05) is 43.6 Å². The molecule has 1 atom stereocenters. The monoisotopic (exact) mass is 462 g/mol. The molecule has 1 fully saturated rings. The number of benzene rings is 1. The van der Waals surface area contributed by atoms with Crippen molar-refractivity contribution in [3.8, 4) is 0 Å². The lowest BCUT2D eigenvalue weighted by atomic mass is 10.2. The minimum Gasteiger partial charge on any atom is -0.376 e. The van der Waals surface area contributed by atoms with Crippen LogP contribution in [0.25, 0.3) is 0 Å². The van der Waals surface area contributed by atoms with E-state index in [0.717, 1.165) is 18.4 Å². The van der Waals surface area contributed by atoms with Crippen molar-refractivity contribution in [1.29, 1.82) is 0 Å². The molecule has 0 aliphatic carbocycles. The number of ether oxygens (including phenoxy) is 1. The number of carbonyl (C=O) groups is 3. The van der Waals surface area contributed by atoms with E-state index in [1.807, 2.05) is 6.07 Å². The molecule has 9 nitrogen and oxygen atoms in total. The maximum absolute atomic E-state index is 12.9. The zero-order valence-electron chi connectivity index (χ0n) is 17.9. The highest BCUT2D eigenvalue weighted by atomic mass is 35.5. The van der Waals surface area contributed by atoms with E-state index in [0.29, 0.717) is 29.8 Å². The van der Waals surface area contributed by atoms with Crippen LogP contribution in [0.2, 0.25) is 5.02 Å². The highest BCUT2D eigenvalue weighted by Gasteiger charge is 2.21. The van der Waals surface area contributed by atoms with E-state index >= 15 is 0 Å². The fraction of sp³-hybridized carbons (Fsp3) is 0.455. The fourth-order valence-electron chi connectivity index (χ4n) is 3.34. The molecule has 0 saturated carbocycles. The molecular formula is C22H27ClN4O5. The van der Waals surface area contributed by atoms with Gasteiger partial charge in [-0.3, -0.25) is 14.4 Å². The maximum atomic E-state index is 12.9. The summed E-state index contributed by atoms with van der Waals surface area (Å²) in [6.45, 7) is 2.85. The molecule has 1 saturated heterocycles. The number of rotatable bonds is 10. The second kappa shape index (κ2) is 11.6. The van der Waals surface area contributed by atoms with Crippen molar-refractivity contribution in [3.05, 3.63) is 46.7 Å². The topological polar surface area (TPSA) is 114 Å². The van der Waals surface area contributed by atoms with E-state index in [2.05, 4.69) is 15.8 Å². The van der Waals surface area contributed by atoms with Crippen molar-refractivity contribution in [1.82, 2.24) is 15.4 Å². The van der Waals surface area contributed by atoms with Crippen LogP contribution >= 0.6 is 11.6 Å². The summed E-state index contributed by atoms with van der Waals surface area (Å²) in [5, 5.41) is 9.60. The van der Waals surface area contributed by atoms with Crippen molar-refractivity contribution in [2.75, 3.05) is 25.0 Å². The van der Waals surface area contributed by atoms with Gasteiger partial charge in [-0.1, -0.05) is 35.0 Å². The Hall–Kier alpha value is -2.91. The Balaban J connectivity index is 1.57. The Kier molecular flexibility index (Phi) is 8.64. The molecule has 1 aromatic carbocycles. The van der Waals surface area contributed by atoms with Crippen molar-refractivity contribution in [2.24, 2.45) is 0 Å². The van der Waals surface area contributed by atoms with Crippen LogP contribution in [0.1, 0.15) is 37.0 Å². The number of nitrogens with zero attached hydrogens (tertiary/aromatic N) is 2. The van der Waals surface area contributed by atoms with Gasteiger partial charge < -0.3 is 24.8 Å². The van der Waals surface area contributed by atoms with E-state index in [4.69, 9.17) is 20.9 Å². The second-order valence-electron chi connectivity index (χ2n) is 7.65. The Labute approximate surface area is 191 Å². The summed E-state index contributed by atoms with van der Waals surface area (Å²) in [6.07, 6.45) is 1.78. The molecule has 172 valence electrons. The largest absolute Gasteiger partial charge is 0.376 e. The minimum absolute atomic E-state index is 0.00975. The van der Waals surface area contributed by atoms with Crippen molar-refractivity contribution in [2.45, 2.75) is 45.3 Å². The molecular weight excluding hydrogens is 436 g/mol. The highest BCUT2D eigenvalue weighted by molar-refractivity contribution is 6.31. The number of hydrogen-bond donors (Lipinski definition) is 2. The Morgan fingerprint density at radius 3 is 2.72 bits per heavy atom. The molecule has 2 heterocycles. The van der Waals surface area contributed by atoms with Crippen LogP contribution in [-0.2, 0) is 25.7 Å².